The van der Waals surface area contributed by atoms with Gasteiger partial charge in [-0.25, -0.2) is 4.98 Å². The van der Waals surface area contributed by atoms with Gasteiger partial charge in [-0.2, -0.15) is 0 Å². The normalized spacial score (nSPS) is 13.2. The monoisotopic (exact) mass is 858 g/mol. The average molecular weight is 859 g/mol. The van der Waals surface area contributed by atoms with Crippen LogP contribution in [0.15, 0.2) is 170 Å². The number of hydrogen-bond acceptors (Lipinski definition) is 1. The van der Waals surface area contributed by atoms with E-state index in [0.29, 0.717) is 0 Å². The lowest BCUT2D eigenvalue weighted by atomic mass is 9.84. The lowest BCUT2D eigenvalue weighted by Crippen LogP contribution is -2.11. The van der Waals surface area contributed by atoms with Crippen LogP contribution in [0.1, 0.15) is 52.7 Å². The van der Waals surface area contributed by atoms with Crippen LogP contribution in [0.5, 0.6) is 0 Å². The molecule has 0 unspecified atom stereocenters. The van der Waals surface area contributed by atoms with Gasteiger partial charge in [0.2, 0.25) is 0 Å². The predicted octanol–water partition coefficient (Wildman–Crippen LogP) is 17.0. The molecular weight excluding hydrogens is 813 g/mol. The molecule has 4 nitrogen and oxygen atoms in total. The predicted molar refractivity (Wildman–Crippen MR) is 286 cm³/mol. The third-order valence-corrected chi connectivity index (χ3v) is 15.3. The Morgan fingerprint density at radius 1 is 0.373 bits per heavy atom. The Morgan fingerprint density at radius 2 is 0.955 bits per heavy atom. The van der Waals surface area contributed by atoms with Crippen molar-refractivity contribution in [1.82, 2.24) is 18.4 Å². The van der Waals surface area contributed by atoms with Gasteiger partial charge in [-0.05, 0) is 122 Å². The summed E-state index contributed by atoms with van der Waals surface area (Å²) in [5.74, 6) is 0. The maximum absolute atomic E-state index is 5.94. The van der Waals surface area contributed by atoms with Gasteiger partial charge in [0.1, 0.15) is 5.65 Å². The van der Waals surface area contributed by atoms with E-state index in [9.17, 15) is 0 Å². The second-order valence-electron chi connectivity index (χ2n) is 21.2. The highest BCUT2D eigenvalue weighted by Crippen LogP contribution is 2.50. The van der Waals surface area contributed by atoms with Crippen LogP contribution >= 0.6 is 0 Å². The van der Waals surface area contributed by atoms with Crippen LogP contribution in [0.25, 0.3) is 137 Å². The highest BCUT2D eigenvalue weighted by molar-refractivity contribution is 6.35. The first kappa shape index (κ1) is 37.3. The second kappa shape index (κ2) is 12.5. The van der Waals surface area contributed by atoms with E-state index in [1.807, 2.05) is 0 Å². The van der Waals surface area contributed by atoms with Crippen molar-refractivity contribution in [3.05, 3.63) is 181 Å². The third-order valence-electron chi connectivity index (χ3n) is 15.3. The Hall–Kier alpha value is -7.95. The van der Waals surface area contributed by atoms with E-state index in [1.165, 1.54) is 125 Å². The van der Waals surface area contributed by atoms with Gasteiger partial charge in [-0.1, -0.05) is 139 Å². The molecule has 0 saturated heterocycles. The molecule has 0 fully saturated rings. The molecule has 0 aliphatic heterocycles. The molecule has 15 aromatic rings. The summed E-state index contributed by atoms with van der Waals surface area (Å²) in [6.45, 7) is 13.9. The van der Waals surface area contributed by atoms with Crippen LogP contribution in [0.2, 0.25) is 0 Å². The van der Waals surface area contributed by atoms with Crippen molar-refractivity contribution in [2.75, 3.05) is 0 Å². The standard InChI is InChI=1S/C63H46N4/c1-62(2,3)38-25-27-53-45(31-38)48-32-39(63(4,5)6)33-49-50-34-54-57(64-61(50)67(53)58(48)49)56-42-21-13-11-17-36(42)29-47-46-28-35-16-10-12-20-41(35)55(59(46)66(54)60(47)56)37-24-26-52-44(30-37)43-22-14-15-23-51(43)65(52)40-18-8-7-9-19-40/h7-34H,1-6H3. The van der Waals surface area contributed by atoms with Gasteiger partial charge < -0.3 is 8.97 Å². The van der Waals surface area contributed by atoms with E-state index in [2.05, 4.69) is 225 Å². The van der Waals surface area contributed by atoms with Crippen LogP contribution in [0.4, 0.5) is 0 Å². The van der Waals surface area contributed by atoms with E-state index in [1.54, 1.807) is 0 Å². The van der Waals surface area contributed by atoms with Gasteiger partial charge in [0.05, 0.1) is 44.1 Å². The van der Waals surface area contributed by atoms with Crippen molar-refractivity contribution in [2.45, 2.75) is 52.4 Å². The zero-order valence-corrected chi connectivity index (χ0v) is 38.5. The fraction of sp³-hybridized carbons (Fsp3) is 0.127. The maximum atomic E-state index is 5.94. The van der Waals surface area contributed by atoms with Crippen molar-refractivity contribution < 1.29 is 0 Å². The van der Waals surface area contributed by atoms with Gasteiger partial charge >= 0.3 is 0 Å². The van der Waals surface area contributed by atoms with Crippen molar-refractivity contribution in [1.29, 1.82) is 0 Å². The molecule has 6 aromatic heterocycles. The van der Waals surface area contributed by atoms with Gasteiger partial charge in [-0.3, -0.25) is 4.40 Å². The first-order chi connectivity index (χ1) is 32.5. The highest BCUT2D eigenvalue weighted by atomic mass is 15.0. The molecule has 6 heterocycles. The topological polar surface area (TPSA) is 26.6 Å². The fourth-order valence-corrected chi connectivity index (χ4v) is 12.1. The number of para-hydroxylation sites is 2. The SMILES string of the molecule is CC(C)(C)c1ccc2c(c1)c1cc(C(C)(C)C)cc3c4cc5c(nc4n2c13)c1c2ccccc2cc2c3cc4ccccc4c(-c4ccc6c(c4)c4ccccc4n6-c4ccccc4)c3n5c21. The summed E-state index contributed by atoms with van der Waals surface area (Å²) in [7, 11) is 0. The van der Waals surface area contributed by atoms with Gasteiger partial charge in [-0.15, -0.1) is 0 Å². The summed E-state index contributed by atoms with van der Waals surface area (Å²) in [6, 6.07) is 64.1. The molecular formula is C63H46N4. The van der Waals surface area contributed by atoms with Crippen LogP contribution in [-0.2, 0) is 10.8 Å². The number of aromatic nitrogens is 4. The zero-order valence-electron chi connectivity index (χ0n) is 38.5. The molecule has 0 amide bonds. The summed E-state index contributed by atoms with van der Waals surface area (Å²) in [6.07, 6.45) is 0. The summed E-state index contributed by atoms with van der Waals surface area (Å²) < 4.78 is 7.48. The number of fused-ring (bicyclic) bond motifs is 18. The lowest BCUT2D eigenvalue weighted by molar-refractivity contribution is 0.590. The molecule has 0 aliphatic rings. The molecule has 0 N–H and O–H groups in total. The van der Waals surface area contributed by atoms with Crippen molar-refractivity contribution >= 4 is 120 Å². The van der Waals surface area contributed by atoms with Crippen molar-refractivity contribution in [2.24, 2.45) is 0 Å². The Balaban J connectivity index is 1.14. The molecule has 4 heteroatoms. The molecule has 15 rings (SSSR count). The van der Waals surface area contributed by atoms with Crippen molar-refractivity contribution in [3.8, 4) is 16.8 Å². The van der Waals surface area contributed by atoms with Gasteiger partial charge in [0, 0.05) is 59.7 Å². The lowest BCUT2D eigenvalue weighted by Gasteiger charge is -2.20. The van der Waals surface area contributed by atoms with Crippen LogP contribution < -0.4 is 0 Å². The number of nitrogens with zero attached hydrogens (tertiary/aromatic N) is 4. The molecule has 67 heavy (non-hydrogen) atoms. The largest absolute Gasteiger partial charge is 0.309 e. The van der Waals surface area contributed by atoms with Crippen LogP contribution in [0, 0.1) is 0 Å². The van der Waals surface area contributed by atoms with Crippen LogP contribution in [0.3, 0.4) is 0 Å². The molecule has 318 valence electrons. The van der Waals surface area contributed by atoms with Gasteiger partial charge in [0.15, 0.2) is 0 Å². The van der Waals surface area contributed by atoms with E-state index < -0.39 is 0 Å². The molecule has 0 spiro atoms. The summed E-state index contributed by atoms with van der Waals surface area (Å²) in [5.41, 5.74) is 16.8. The number of benzene rings is 9. The number of pyridine rings is 1. The first-order valence-corrected chi connectivity index (χ1v) is 23.7. The average Bonchev–Trinajstić information content (AvgIpc) is 4.12. The molecule has 9 aromatic carbocycles. The third kappa shape index (κ3) is 4.79. The van der Waals surface area contributed by atoms with Crippen LogP contribution in [-0.4, -0.2) is 18.4 Å². The Kier molecular flexibility index (Phi) is 6.94. The first-order valence-electron chi connectivity index (χ1n) is 23.7. The summed E-state index contributed by atoms with van der Waals surface area (Å²) in [4.78, 5) is 5.94. The number of rotatable bonds is 2. The molecule has 0 radical (unpaired) electrons. The number of hydrogen-bond donors (Lipinski definition) is 0. The minimum atomic E-state index is -0.0456. The highest BCUT2D eigenvalue weighted by Gasteiger charge is 2.29. The van der Waals surface area contributed by atoms with Gasteiger partial charge in [0.25, 0.3) is 0 Å². The Morgan fingerprint density at radius 3 is 1.72 bits per heavy atom. The molecule has 0 atom stereocenters. The maximum Gasteiger partial charge on any atom is 0.146 e. The molecule has 0 saturated carbocycles. The minimum Gasteiger partial charge on any atom is -0.309 e. The zero-order chi connectivity index (χ0) is 44.8. The van der Waals surface area contributed by atoms with E-state index in [4.69, 9.17) is 4.98 Å². The molecule has 0 bridgehead atoms. The molecule has 0 aliphatic carbocycles. The van der Waals surface area contributed by atoms with E-state index in [0.717, 1.165) is 22.4 Å². The smallest absolute Gasteiger partial charge is 0.146 e. The Labute approximate surface area is 386 Å². The quantitative estimate of drug-likeness (QED) is 0.170. The van der Waals surface area contributed by atoms with Crippen molar-refractivity contribution in [3.63, 3.8) is 0 Å². The van der Waals surface area contributed by atoms with E-state index >= 15 is 0 Å². The minimum absolute atomic E-state index is 0.0289. The second-order valence-corrected chi connectivity index (χ2v) is 21.2. The van der Waals surface area contributed by atoms with E-state index in [-0.39, 0.29) is 10.8 Å². The summed E-state index contributed by atoms with van der Waals surface area (Å²) >= 11 is 0. The Bertz CT molecular complexity index is 4620. The summed E-state index contributed by atoms with van der Waals surface area (Å²) in [5, 5.41) is 16.2. The fourth-order valence-electron chi connectivity index (χ4n) is 12.1.